The summed E-state index contributed by atoms with van der Waals surface area (Å²) in [4.78, 5) is 26.9. The number of amides is 2. The maximum atomic E-state index is 12.5. The molecule has 2 amide bonds. The number of aryl methyl sites for hydroxylation is 1. The van der Waals surface area contributed by atoms with Crippen LogP contribution in [0.1, 0.15) is 54.6 Å². The van der Waals surface area contributed by atoms with Crippen molar-refractivity contribution in [3.05, 3.63) is 47.8 Å². The van der Waals surface area contributed by atoms with Crippen LogP contribution in [0, 0.1) is 5.92 Å². The van der Waals surface area contributed by atoms with Gasteiger partial charge in [-0.3, -0.25) is 14.3 Å². The van der Waals surface area contributed by atoms with E-state index in [1.54, 1.807) is 10.9 Å². The predicted octanol–water partition coefficient (Wildman–Crippen LogP) is 2.43. The van der Waals surface area contributed by atoms with Gasteiger partial charge in [-0.2, -0.15) is 0 Å². The van der Waals surface area contributed by atoms with E-state index in [0.717, 1.165) is 45.1 Å². The molecule has 7 heteroatoms. The molecule has 0 spiro atoms. The van der Waals surface area contributed by atoms with Gasteiger partial charge in [0.1, 0.15) is 0 Å². The Hall–Kier alpha value is -2.70. The molecule has 1 N–H and O–H groups in total. The number of benzene rings is 1. The molecule has 1 aromatic heterocycles. The highest BCUT2D eigenvalue weighted by molar-refractivity contribution is 5.91. The van der Waals surface area contributed by atoms with Crippen LogP contribution in [0.15, 0.2) is 36.5 Å². The zero-order valence-electron chi connectivity index (χ0n) is 16.8. The Labute approximate surface area is 171 Å². The second-order valence-corrected chi connectivity index (χ2v) is 8.10. The molecule has 1 aliphatic carbocycles. The fourth-order valence-corrected chi connectivity index (χ4v) is 4.00. The highest BCUT2D eigenvalue weighted by Crippen LogP contribution is 2.33. The van der Waals surface area contributed by atoms with Crippen molar-refractivity contribution in [1.82, 2.24) is 25.2 Å². The monoisotopic (exact) mass is 395 g/mol. The number of likely N-dealkylation sites (tertiary alicyclic amines) is 1. The fourth-order valence-electron chi connectivity index (χ4n) is 4.00. The summed E-state index contributed by atoms with van der Waals surface area (Å²) >= 11 is 0. The van der Waals surface area contributed by atoms with Crippen LogP contribution < -0.4 is 5.32 Å². The number of hydrogen-bond acceptors (Lipinski definition) is 4. The lowest BCUT2D eigenvalue weighted by Gasteiger charge is -2.36. The smallest absolute Gasteiger partial charge is 0.273 e. The van der Waals surface area contributed by atoms with Crippen LogP contribution in [0.25, 0.3) is 0 Å². The molecule has 1 saturated heterocycles. The summed E-state index contributed by atoms with van der Waals surface area (Å²) in [7, 11) is 0. The van der Waals surface area contributed by atoms with Crippen molar-refractivity contribution in [1.29, 1.82) is 0 Å². The summed E-state index contributed by atoms with van der Waals surface area (Å²) in [6.45, 7) is 2.12. The van der Waals surface area contributed by atoms with Crippen molar-refractivity contribution in [2.24, 2.45) is 5.92 Å². The van der Waals surface area contributed by atoms with Gasteiger partial charge >= 0.3 is 0 Å². The van der Waals surface area contributed by atoms with E-state index in [-0.39, 0.29) is 17.9 Å². The molecule has 1 aromatic carbocycles. The molecule has 1 atom stereocenters. The Kier molecular flexibility index (Phi) is 6.22. The van der Waals surface area contributed by atoms with E-state index in [1.165, 1.54) is 12.0 Å². The van der Waals surface area contributed by atoms with Gasteiger partial charge in [-0.15, -0.1) is 5.10 Å². The molecule has 0 radical (unpaired) electrons. The molecule has 7 nitrogen and oxygen atoms in total. The summed E-state index contributed by atoms with van der Waals surface area (Å²) in [6, 6.07) is 10.3. The first kappa shape index (κ1) is 19.6. The van der Waals surface area contributed by atoms with Crippen LogP contribution in [0.4, 0.5) is 0 Å². The van der Waals surface area contributed by atoms with E-state index in [2.05, 4.69) is 20.5 Å². The van der Waals surface area contributed by atoms with Gasteiger partial charge in [0.25, 0.3) is 5.91 Å². The lowest BCUT2D eigenvalue weighted by Crippen LogP contribution is -2.45. The third-order valence-electron chi connectivity index (χ3n) is 5.84. The van der Waals surface area contributed by atoms with Crippen molar-refractivity contribution in [3.63, 3.8) is 0 Å². The molecule has 2 fully saturated rings. The van der Waals surface area contributed by atoms with E-state index in [9.17, 15) is 9.59 Å². The van der Waals surface area contributed by atoms with Crippen LogP contribution in [0.5, 0.6) is 0 Å². The molecule has 2 aliphatic rings. The average Bonchev–Trinajstić information content (AvgIpc) is 3.50. The zero-order valence-corrected chi connectivity index (χ0v) is 16.8. The minimum absolute atomic E-state index is 0.199. The quantitative estimate of drug-likeness (QED) is 0.744. The molecule has 4 rings (SSSR count). The molecule has 1 unspecified atom stereocenters. The second kappa shape index (κ2) is 9.20. The number of rotatable bonds is 8. The molecule has 0 bridgehead atoms. The maximum Gasteiger partial charge on any atom is 0.273 e. The SMILES string of the molecule is O=C(NCCc1ccccc1)c1cn(CCC2CCCCN2C(=O)C2CC2)nn1. The lowest BCUT2D eigenvalue weighted by molar-refractivity contribution is -0.136. The summed E-state index contributed by atoms with van der Waals surface area (Å²) in [5, 5.41) is 11.0. The fraction of sp³-hybridized carbons (Fsp3) is 0.545. The molecular weight excluding hydrogens is 366 g/mol. The standard InChI is InChI=1S/C22H29N5O2/c28-21(23-13-11-17-6-2-1-3-7-17)20-16-26(25-24-20)15-12-19-8-4-5-14-27(19)22(29)18-9-10-18/h1-3,6-7,16,18-19H,4-5,8-15H2,(H,23,28). The number of piperidine rings is 1. The Bertz CT molecular complexity index is 831. The Morgan fingerprint density at radius 2 is 1.93 bits per heavy atom. The van der Waals surface area contributed by atoms with Gasteiger partial charge in [-0.25, -0.2) is 0 Å². The Balaban J connectivity index is 1.25. The molecular formula is C22H29N5O2. The summed E-state index contributed by atoms with van der Waals surface area (Å²) in [6.07, 6.45) is 8.77. The van der Waals surface area contributed by atoms with Crippen molar-refractivity contribution < 1.29 is 9.59 Å². The topological polar surface area (TPSA) is 80.1 Å². The van der Waals surface area contributed by atoms with Crippen LogP contribution in [-0.2, 0) is 17.8 Å². The highest BCUT2D eigenvalue weighted by atomic mass is 16.2. The van der Waals surface area contributed by atoms with Crippen LogP contribution in [0.2, 0.25) is 0 Å². The Morgan fingerprint density at radius 1 is 1.10 bits per heavy atom. The van der Waals surface area contributed by atoms with Gasteiger partial charge in [0.2, 0.25) is 5.91 Å². The molecule has 154 valence electrons. The van der Waals surface area contributed by atoms with Gasteiger partial charge in [0.05, 0.1) is 6.20 Å². The molecule has 29 heavy (non-hydrogen) atoms. The number of carbonyl (C=O) groups excluding carboxylic acids is 2. The summed E-state index contributed by atoms with van der Waals surface area (Å²) in [5.74, 6) is 0.412. The second-order valence-electron chi connectivity index (χ2n) is 8.10. The number of carbonyl (C=O) groups is 2. The summed E-state index contributed by atoms with van der Waals surface area (Å²) < 4.78 is 1.72. The number of nitrogens with one attached hydrogen (secondary N) is 1. The van der Waals surface area contributed by atoms with Crippen LogP contribution in [-0.4, -0.2) is 50.8 Å². The predicted molar refractivity (Wildman–Crippen MR) is 109 cm³/mol. The minimum Gasteiger partial charge on any atom is -0.350 e. The average molecular weight is 396 g/mol. The molecule has 2 aromatic rings. The first-order chi connectivity index (χ1) is 14.2. The lowest BCUT2D eigenvalue weighted by atomic mass is 9.98. The first-order valence-corrected chi connectivity index (χ1v) is 10.7. The third-order valence-corrected chi connectivity index (χ3v) is 5.84. The van der Waals surface area contributed by atoms with E-state index in [4.69, 9.17) is 0 Å². The van der Waals surface area contributed by atoms with E-state index < -0.39 is 0 Å². The van der Waals surface area contributed by atoms with E-state index in [0.29, 0.717) is 24.7 Å². The van der Waals surface area contributed by atoms with Gasteiger partial charge in [0, 0.05) is 31.6 Å². The zero-order chi connectivity index (χ0) is 20.1. The van der Waals surface area contributed by atoms with Crippen LogP contribution >= 0.6 is 0 Å². The summed E-state index contributed by atoms with van der Waals surface area (Å²) in [5.41, 5.74) is 1.53. The first-order valence-electron chi connectivity index (χ1n) is 10.7. The number of nitrogens with zero attached hydrogens (tertiary/aromatic N) is 4. The van der Waals surface area contributed by atoms with Crippen LogP contribution in [0.3, 0.4) is 0 Å². The third kappa shape index (κ3) is 5.22. The molecule has 1 aliphatic heterocycles. The molecule has 2 heterocycles. The van der Waals surface area contributed by atoms with Crippen molar-refractivity contribution in [3.8, 4) is 0 Å². The van der Waals surface area contributed by atoms with Gasteiger partial charge in [-0.1, -0.05) is 35.5 Å². The number of aromatic nitrogens is 3. The normalized spacial score (nSPS) is 19.2. The molecule has 1 saturated carbocycles. The highest BCUT2D eigenvalue weighted by Gasteiger charge is 2.37. The number of hydrogen-bond donors (Lipinski definition) is 1. The largest absolute Gasteiger partial charge is 0.350 e. The van der Waals surface area contributed by atoms with Crippen molar-refractivity contribution >= 4 is 11.8 Å². The van der Waals surface area contributed by atoms with E-state index in [1.807, 2.05) is 30.3 Å². The van der Waals surface area contributed by atoms with Gasteiger partial charge in [0.15, 0.2) is 5.69 Å². The van der Waals surface area contributed by atoms with Gasteiger partial charge in [-0.05, 0) is 50.5 Å². The minimum atomic E-state index is -0.199. The van der Waals surface area contributed by atoms with Gasteiger partial charge < -0.3 is 10.2 Å². The van der Waals surface area contributed by atoms with E-state index >= 15 is 0 Å². The van der Waals surface area contributed by atoms with Crippen molar-refractivity contribution in [2.45, 2.75) is 57.5 Å². The van der Waals surface area contributed by atoms with Crippen molar-refractivity contribution in [2.75, 3.05) is 13.1 Å². The Morgan fingerprint density at radius 3 is 2.72 bits per heavy atom. The maximum absolute atomic E-state index is 12.5.